The van der Waals surface area contributed by atoms with Crippen LogP contribution in [0.3, 0.4) is 0 Å². The quantitative estimate of drug-likeness (QED) is 0.435. The van der Waals surface area contributed by atoms with E-state index in [2.05, 4.69) is 10.1 Å². The molecule has 2 heterocycles. The van der Waals surface area contributed by atoms with Crippen LogP contribution in [-0.2, 0) is 5.88 Å². The molecule has 72 valence electrons. The molecule has 6 heteroatoms. The van der Waals surface area contributed by atoms with Crippen molar-refractivity contribution in [2.24, 2.45) is 5.73 Å². The Morgan fingerprint density at radius 2 is 2.43 bits per heavy atom. The molecule has 0 amide bonds. The average molecular weight is 210 g/mol. The molecule has 2 aromatic heterocycles. The Kier molecular flexibility index (Phi) is 2.09. The van der Waals surface area contributed by atoms with Gasteiger partial charge in [-0.15, -0.1) is 16.7 Å². The molecule has 0 fully saturated rings. The summed E-state index contributed by atoms with van der Waals surface area (Å²) in [6.07, 6.45) is 1.74. The molecule has 0 spiro atoms. The van der Waals surface area contributed by atoms with Crippen LogP contribution in [0.4, 0.5) is 0 Å². The molecule has 0 aliphatic carbocycles. The number of aromatic nitrogens is 3. The third-order valence-corrected chi connectivity index (χ3v) is 2.05. The van der Waals surface area contributed by atoms with E-state index < -0.39 is 0 Å². The van der Waals surface area contributed by atoms with Gasteiger partial charge in [-0.2, -0.15) is 0 Å². The largest absolute Gasteiger partial charge is 0.384 e. The molecule has 14 heavy (non-hydrogen) atoms. The van der Waals surface area contributed by atoms with Crippen molar-refractivity contribution in [3.63, 3.8) is 0 Å². The minimum Gasteiger partial charge on any atom is -0.384 e. The lowest BCUT2D eigenvalue weighted by molar-refractivity contribution is 0.922. The van der Waals surface area contributed by atoms with Gasteiger partial charge in [-0.3, -0.25) is 5.41 Å². The zero-order chi connectivity index (χ0) is 10.1. The molecule has 2 aromatic rings. The topological polar surface area (TPSA) is 80.1 Å². The molecule has 0 aliphatic heterocycles. The lowest BCUT2D eigenvalue weighted by Gasteiger charge is -1.98. The van der Waals surface area contributed by atoms with Crippen LogP contribution < -0.4 is 5.73 Å². The van der Waals surface area contributed by atoms with Crippen molar-refractivity contribution in [2.75, 3.05) is 0 Å². The highest BCUT2D eigenvalue weighted by molar-refractivity contribution is 6.16. The van der Waals surface area contributed by atoms with Crippen LogP contribution in [0.5, 0.6) is 0 Å². The smallest absolute Gasteiger partial charge is 0.166 e. The maximum absolute atomic E-state index is 7.35. The standard InChI is InChI=1S/C8H8ClN5/c9-4-6-12-8-5(7(10)11)2-1-3-14(8)13-6/h1-3H,4H2,(H3,10,11). The van der Waals surface area contributed by atoms with Crippen LogP contribution in [0.25, 0.3) is 5.65 Å². The van der Waals surface area contributed by atoms with Gasteiger partial charge in [-0.1, -0.05) is 0 Å². The van der Waals surface area contributed by atoms with Gasteiger partial charge >= 0.3 is 0 Å². The van der Waals surface area contributed by atoms with Crippen molar-refractivity contribution in [3.8, 4) is 0 Å². The molecule has 0 aromatic carbocycles. The van der Waals surface area contributed by atoms with Crippen LogP contribution in [0.15, 0.2) is 18.3 Å². The van der Waals surface area contributed by atoms with Crippen LogP contribution in [-0.4, -0.2) is 20.4 Å². The number of nitrogens with zero attached hydrogens (tertiary/aromatic N) is 3. The molecular weight excluding hydrogens is 202 g/mol. The number of hydrogen-bond acceptors (Lipinski definition) is 3. The highest BCUT2D eigenvalue weighted by atomic mass is 35.5. The second-order valence-corrected chi connectivity index (χ2v) is 3.03. The van der Waals surface area contributed by atoms with Crippen molar-refractivity contribution in [1.29, 1.82) is 5.41 Å². The normalized spacial score (nSPS) is 10.6. The van der Waals surface area contributed by atoms with Crippen LogP contribution in [0, 0.1) is 5.41 Å². The molecule has 0 unspecified atom stereocenters. The molecule has 2 rings (SSSR count). The first kappa shape index (κ1) is 8.96. The molecule has 0 bridgehead atoms. The Bertz CT molecular complexity index is 489. The highest BCUT2D eigenvalue weighted by Gasteiger charge is 2.08. The van der Waals surface area contributed by atoms with Crippen molar-refractivity contribution in [3.05, 3.63) is 29.7 Å². The van der Waals surface area contributed by atoms with Gasteiger partial charge in [-0.25, -0.2) is 9.50 Å². The summed E-state index contributed by atoms with van der Waals surface area (Å²) < 4.78 is 1.56. The number of nitrogens with two attached hydrogens (primary N) is 1. The van der Waals surface area contributed by atoms with Gasteiger partial charge in [0.25, 0.3) is 0 Å². The number of nitrogens with one attached hydrogen (secondary N) is 1. The van der Waals surface area contributed by atoms with Gasteiger partial charge in [0.15, 0.2) is 11.5 Å². The minimum atomic E-state index is -0.0240. The van der Waals surface area contributed by atoms with Crippen molar-refractivity contribution >= 4 is 23.1 Å². The van der Waals surface area contributed by atoms with Gasteiger partial charge in [0.1, 0.15) is 5.84 Å². The molecular formula is C8H8ClN5. The van der Waals surface area contributed by atoms with E-state index in [-0.39, 0.29) is 11.7 Å². The van der Waals surface area contributed by atoms with E-state index in [1.807, 2.05) is 0 Å². The number of nitrogen functional groups attached to an aromatic ring is 1. The maximum Gasteiger partial charge on any atom is 0.166 e. The van der Waals surface area contributed by atoms with Gasteiger partial charge in [-0.05, 0) is 12.1 Å². The van der Waals surface area contributed by atoms with E-state index in [1.54, 1.807) is 22.8 Å². The summed E-state index contributed by atoms with van der Waals surface area (Å²) in [7, 11) is 0. The van der Waals surface area contributed by atoms with Crippen LogP contribution in [0.1, 0.15) is 11.4 Å². The fraction of sp³-hybridized carbons (Fsp3) is 0.125. The average Bonchev–Trinajstić information content (AvgIpc) is 2.59. The summed E-state index contributed by atoms with van der Waals surface area (Å²) >= 11 is 5.61. The Labute approximate surface area is 85.0 Å². The van der Waals surface area contributed by atoms with E-state index >= 15 is 0 Å². The van der Waals surface area contributed by atoms with E-state index in [0.29, 0.717) is 17.0 Å². The predicted molar refractivity (Wildman–Crippen MR) is 53.6 cm³/mol. The van der Waals surface area contributed by atoms with E-state index in [1.165, 1.54) is 0 Å². The van der Waals surface area contributed by atoms with Crippen molar-refractivity contribution in [1.82, 2.24) is 14.6 Å². The number of halogens is 1. The van der Waals surface area contributed by atoms with Gasteiger partial charge < -0.3 is 5.73 Å². The molecule has 0 saturated heterocycles. The first-order valence-corrected chi connectivity index (χ1v) is 4.50. The van der Waals surface area contributed by atoms with Gasteiger partial charge in [0, 0.05) is 6.20 Å². The molecule has 0 aliphatic rings. The lowest BCUT2D eigenvalue weighted by Crippen LogP contribution is -2.12. The first-order chi connectivity index (χ1) is 6.72. The fourth-order valence-corrected chi connectivity index (χ4v) is 1.33. The number of pyridine rings is 1. The zero-order valence-corrected chi connectivity index (χ0v) is 7.99. The second kappa shape index (κ2) is 3.26. The Morgan fingerprint density at radius 1 is 1.64 bits per heavy atom. The Balaban J connectivity index is 2.73. The predicted octanol–water partition coefficient (Wildman–Crippen LogP) is 0.752. The third kappa shape index (κ3) is 1.31. The third-order valence-electron chi connectivity index (χ3n) is 1.82. The number of rotatable bonds is 2. The number of amidine groups is 1. The van der Waals surface area contributed by atoms with Crippen molar-refractivity contribution in [2.45, 2.75) is 5.88 Å². The van der Waals surface area contributed by atoms with Crippen LogP contribution >= 0.6 is 11.6 Å². The fourth-order valence-electron chi connectivity index (χ4n) is 1.22. The van der Waals surface area contributed by atoms with E-state index in [0.717, 1.165) is 0 Å². The Morgan fingerprint density at radius 3 is 3.07 bits per heavy atom. The second-order valence-electron chi connectivity index (χ2n) is 2.77. The summed E-state index contributed by atoms with van der Waals surface area (Å²) in [5.74, 6) is 0.753. The zero-order valence-electron chi connectivity index (χ0n) is 7.24. The molecule has 0 radical (unpaired) electrons. The summed E-state index contributed by atoms with van der Waals surface area (Å²) in [5, 5.41) is 11.4. The molecule has 5 nitrogen and oxygen atoms in total. The first-order valence-electron chi connectivity index (χ1n) is 3.97. The summed E-state index contributed by atoms with van der Waals surface area (Å²) in [5.41, 5.74) is 6.53. The SMILES string of the molecule is N=C(N)c1cccn2nc(CCl)nc12. The highest BCUT2D eigenvalue weighted by Crippen LogP contribution is 2.08. The van der Waals surface area contributed by atoms with Gasteiger partial charge in [0.2, 0.25) is 0 Å². The molecule has 3 N–H and O–H groups in total. The summed E-state index contributed by atoms with van der Waals surface area (Å²) in [4.78, 5) is 4.15. The van der Waals surface area contributed by atoms with E-state index in [4.69, 9.17) is 22.7 Å². The summed E-state index contributed by atoms with van der Waals surface area (Å²) in [6, 6.07) is 3.49. The van der Waals surface area contributed by atoms with Crippen LogP contribution in [0.2, 0.25) is 0 Å². The van der Waals surface area contributed by atoms with E-state index in [9.17, 15) is 0 Å². The number of alkyl halides is 1. The summed E-state index contributed by atoms with van der Waals surface area (Å²) in [6.45, 7) is 0. The van der Waals surface area contributed by atoms with Crippen molar-refractivity contribution < 1.29 is 0 Å². The Hall–Kier alpha value is -1.62. The molecule has 0 saturated carbocycles. The molecule has 0 atom stereocenters. The lowest BCUT2D eigenvalue weighted by atomic mass is 10.2. The van der Waals surface area contributed by atoms with Gasteiger partial charge in [0.05, 0.1) is 11.4 Å². The number of hydrogen-bond donors (Lipinski definition) is 2. The number of fused-ring (bicyclic) bond motifs is 1. The maximum atomic E-state index is 7.35. The minimum absolute atomic E-state index is 0.0240. The monoisotopic (exact) mass is 209 g/mol.